The summed E-state index contributed by atoms with van der Waals surface area (Å²) in [5, 5.41) is 5.07. The lowest BCUT2D eigenvalue weighted by atomic mass is 9.80. The van der Waals surface area contributed by atoms with E-state index in [2.05, 4.69) is 225 Å². The number of fused-ring (bicyclic) bond motifs is 14. The molecule has 5 nitrogen and oxygen atoms in total. The molecule has 0 bridgehead atoms. The van der Waals surface area contributed by atoms with E-state index in [1.54, 1.807) is 0 Å². The minimum absolute atomic E-state index is 0.189. The van der Waals surface area contributed by atoms with E-state index in [-0.39, 0.29) is 10.8 Å². The number of benzene rings is 10. The molecule has 0 saturated heterocycles. The molecule has 0 amide bonds. The Morgan fingerprint density at radius 3 is 1.22 bits per heavy atom. The molecule has 2 aliphatic rings. The SMILES string of the molecule is CC1(C)c2ccccc2-c2ccc3c(c21)c1ccccc1n3-c1ccccc1-c1ccc(-c2nc(-c3ccccc3)nc(-c3ccccc3)n2)cc1-n1c2ccccc2c2c3c(ccc21)-c1ccccc1C3(C)C. The average molecular weight is 948 g/mol. The Balaban J connectivity index is 1.03. The van der Waals surface area contributed by atoms with Crippen LogP contribution in [-0.2, 0) is 10.8 Å². The second-order valence-corrected chi connectivity index (χ2v) is 21.1. The van der Waals surface area contributed by atoms with E-state index in [1.807, 2.05) is 36.4 Å². The van der Waals surface area contributed by atoms with Crippen LogP contribution in [0, 0.1) is 0 Å². The van der Waals surface area contributed by atoms with Crippen LogP contribution in [0.15, 0.2) is 224 Å². The van der Waals surface area contributed by atoms with Crippen molar-refractivity contribution < 1.29 is 0 Å². The lowest BCUT2D eigenvalue weighted by Gasteiger charge is -2.23. The third kappa shape index (κ3) is 5.95. The van der Waals surface area contributed by atoms with Gasteiger partial charge in [0, 0.05) is 60.2 Å². The standard InChI is InChI=1S/C69H49N5/c1-68(2)53-30-16-11-25-45(53)49-37-39-58-61(63(49)68)51-28-14-19-33-56(51)73(58)55-32-18-13-27-47(55)48-36-35-44(67-71-65(42-21-7-5-8-22-42)70-66(72-67)43-23-9-6-10-24-43)41-60(48)74-57-34-20-15-29-52(57)62-59(74)40-38-50-46-26-12-17-31-54(46)69(3,4)64(50)62/h5-41H,1-4H3. The summed E-state index contributed by atoms with van der Waals surface area (Å²) in [5.41, 5.74) is 22.1. The molecular formula is C69H49N5. The number of rotatable bonds is 6. The molecule has 10 aromatic carbocycles. The van der Waals surface area contributed by atoms with Crippen molar-refractivity contribution in [2.45, 2.75) is 38.5 Å². The maximum atomic E-state index is 5.28. The van der Waals surface area contributed by atoms with Crippen LogP contribution in [0.5, 0.6) is 0 Å². The fourth-order valence-corrected chi connectivity index (χ4v) is 13.1. The number of aromatic nitrogens is 5. The van der Waals surface area contributed by atoms with Crippen molar-refractivity contribution in [1.29, 1.82) is 0 Å². The topological polar surface area (TPSA) is 48.5 Å². The van der Waals surface area contributed by atoms with Crippen LogP contribution in [0.3, 0.4) is 0 Å². The number of nitrogens with zero attached hydrogens (tertiary/aromatic N) is 5. The molecule has 5 heteroatoms. The summed E-state index contributed by atoms with van der Waals surface area (Å²) in [7, 11) is 0. The number of para-hydroxylation sites is 3. The zero-order valence-corrected chi connectivity index (χ0v) is 41.6. The first-order valence-electron chi connectivity index (χ1n) is 25.7. The Morgan fingerprint density at radius 2 is 0.689 bits per heavy atom. The highest BCUT2D eigenvalue weighted by Gasteiger charge is 2.40. The predicted octanol–water partition coefficient (Wildman–Crippen LogP) is 17.3. The summed E-state index contributed by atoms with van der Waals surface area (Å²) in [4.78, 5) is 15.7. The first kappa shape index (κ1) is 42.5. The molecule has 0 unspecified atom stereocenters. The Morgan fingerprint density at radius 1 is 0.297 bits per heavy atom. The molecule has 350 valence electrons. The second-order valence-electron chi connectivity index (χ2n) is 21.1. The van der Waals surface area contributed by atoms with E-state index in [0.29, 0.717) is 17.5 Å². The van der Waals surface area contributed by atoms with Crippen molar-refractivity contribution in [3.63, 3.8) is 0 Å². The summed E-state index contributed by atoms with van der Waals surface area (Å²) in [5.74, 6) is 1.87. The highest BCUT2D eigenvalue weighted by molar-refractivity contribution is 6.16. The summed E-state index contributed by atoms with van der Waals surface area (Å²) in [6.07, 6.45) is 0. The minimum atomic E-state index is -0.225. The van der Waals surface area contributed by atoms with Gasteiger partial charge in [0.05, 0.1) is 33.4 Å². The van der Waals surface area contributed by atoms with Crippen LogP contribution in [0.25, 0.3) is 123 Å². The smallest absolute Gasteiger partial charge is 0.164 e. The van der Waals surface area contributed by atoms with Gasteiger partial charge in [0.25, 0.3) is 0 Å². The first-order valence-corrected chi connectivity index (χ1v) is 25.7. The van der Waals surface area contributed by atoms with Gasteiger partial charge in [0.1, 0.15) is 0 Å². The van der Waals surface area contributed by atoms with Gasteiger partial charge < -0.3 is 9.13 Å². The Kier molecular flexibility index (Phi) is 8.99. The molecule has 74 heavy (non-hydrogen) atoms. The Labute approximate surface area is 429 Å². The highest BCUT2D eigenvalue weighted by atomic mass is 15.0. The van der Waals surface area contributed by atoms with Gasteiger partial charge in [0.2, 0.25) is 0 Å². The highest BCUT2D eigenvalue weighted by Crippen LogP contribution is 2.55. The molecular weight excluding hydrogens is 899 g/mol. The second kappa shape index (κ2) is 15.7. The van der Waals surface area contributed by atoms with Crippen LogP contribution >= 0.6 is 0 Å². The van der Waals surface area contributed by atoms with Crippen molar-refractivity contribution in [3.8, 4) is 78.9 Å². The van der Waals surface area contributed by atoms with Gasteiger partial charge in [-0.2, -0.15) is 0 Å². The van der Waals surface area contributed by atoms with Crippen LogP contribution in [-0.4, -0.2) is 24.1 Å². The minimum Gasteiger partial charge on any atom is -0.309 e. The monoisotopic (exact) mass is 947 g/mol. The zero-order valence-electron chi connectivity index (χ0n) is 41.6. The van der Waals surface area contributed by atoms with Crippen LogP contribution in [0.4, 0.5) is 0 Å². The molecule has 0 saturated carbocycles. The maximum Gasteiger partial charge on any atom is 0.164 e. The lowest BCUT2D eigenvalue weighted by molar-refractivity contribution is 0.666. The van der Waals surface area contributed by atoms with Gasteiger partial charge in [-0.05, 0) is 80.9 Å². The van der Waals surface area contributed by atoms with Gasteiger partial charge in [-0.15, -0.1) is 0 Å². The van der Waals surface area contributed by atoms with Crippen molar-refractivity contribution in [1.82, 2.24) is 24.1 Å². The van der Waals surface area contributed by atoms with E-state index in [4.69, 9.17) is 15.0 Å². The lowest BCUT2D eigenvalue weighted by Crippen LogP contribution is -2.15. The summed E-state index contributed by atoms with van der Waals surface area (Å²) in [6, 6.07) is 81.6. The third-order valence-corrected chi connectivity index (χ3v) is 16.3. The molecule has 0 aliphatic heterocycles. The fourth-order valence-electron chi connectivity index (χ4n) is 13.1. The van der Waals surface area contributed by atoms with Gasteiger partial charge in [0.15, 0.2) is 17.5 Å². The molecule has 0 N–H and O–H groups in total. The summed E-state index contributed by atoms with van der Waals surface area (Å²) in [6.45, 7) is 9.57. The largest absolute Gasteiger partial charge is 0.309 e. The average Bonchev–Trinajstić information content (AvgIpc) is 4.16. The van der Waals surface area contributed by atoms with Crippen LogP contribution in [0.2, 0.25) is 0 Å². The predicted molar refractivity (Wildman–Crippen MR) is 305 cm³/mol. The van der Waals surface area contributed by atoms with E-state index >= 15 is 0 Å². The van der Waals surface area contributed by atoms with Crippen molar-refractivity contribution in [3.05, 3.63) is 247 Å². The van der Waals surface area contributed by atoms with Crippen molar-refractivity contribution >= 4 is 43.6 Å². The molecule has 13 aromatic rings. The van der Waals surface area contributed by atoms with E-state index in [9.17, 15) is 0 Å². The van der Waals surface area contributed by atoms with Crippen LogP contribution in [0.1, 0.15) is 49.9 Å². The normalized spacial score (nSPS) is 13.9. The Hall–Kier alpha value is -9.19. The third-order valence-electron chi connectivity index (χ3n) is 16.3. The molecule has 3 heterocycles. The van der Waals surface area contributed by atoms with Crippen molar-refractivity contribution in [2.75, 3.05) is 0 Å². The number of hydrogen-bond acceptors (Lipinski definition) is 3. The quantitative estimate of drug-likeness (QED) is 0.167. The molecule has 0 radical (unpaired) electrons. The van der Waals surface area contributed by atoms with Crippen LogP contribution < -0.4 is 0 Å². The first-order chi connectivity index (χ1) is 36.3. The molecule has 0 fully saturated rings. The van der Waals surface area contributed by atoms with Gasteiger partial charge in [-0.25, -0.2) is 15.0 Å². The molecule has 3 aromatic heterocycles. The van der Waals surface area contributed by atoms with E-state index in [0.717, 1.165) is 50.2 Å². The van der Waals surface area contributed by atoms with Crippen molar-refractivity contribution in [2.24, 2.45) is 0 Å². The summed E-state index contributed by atoms with van der Waals surface area (Å²) >= 11 is 0. The van der Waals surface area contributed by atoms with E-state index < -0.39 is 0 Å². The number of hydrogen-bond donors (Lipinski definition) is 0. The molecule has 0 atom stereocenters. The zero-order chi connectivity index (χ0) is 49.5. The molecule has 15 rings (SSSR count). The van der Waals surface area contributed by atoms with Gasteiger partial charge >= 0.3 is 0 Å². The fraction of sp³-hybridized carbons (Fsp3) is 0.0870. The maximum absolute atomic E-state index is 5.28. The Bertz CT molecular complexity index is 4420. The summed E-state index contributed by atoms with van der Waals surface area (Å²) < 4.78 is 5.02. The molecule has 0 spiro atoms. The molecule has 2 aliphatic carbocycles. The van der Waals surface area contributed by atoms with Gasteiger partial charge in [-0.1, -0.05) is 216 Å². The van der Waals surface area contributed by atoms with Gasteiger partial charge in [-0.3, -0.25) is 0 Å². The van der Waals surface area contributed by atoms with E-state index in [1.165, 1.54) is 77.1 Å².